The van der Waals surface area contributed by atoms with Crippen LogP contribution in [0.2, 0.25) is 0 Å². The third kappa shape index (κ3) is 2.91. The third-order valence-corrected chi connectivity index (χ3v) is 0.941. The summed E-state index contributed by atoms with van der Waals surface area (Å²) in [7, 11) is 0. The van der Waals surface area contributed by atoms with Crippen LogP contribution in [0, 0.1) is 0 Å². The van der Waals surface area contributed by atoms with Gasteiger partial charge in [-0.25, -0.2) is 10.2 Å². The van der Waals surface area contributed by atoms with Gasteiger partial charge in [-0.2, -0.15) is 0 Å². The summed E-state index contributed by atoms with van der Waals surface area (Å²) in [6.45, 7) is 3.50. The number of carbonyl (C=O) groups is 2. The van der Waals surface area contributed by atoms with Gasteiger partial charge in [0.2, 0.25) is 5.91 Å². The Kier molecular flexibility index (Phi) is 3.24. The van der Waals surface area contributed by atoms with E-state index in [-0.39, 0.29) is 5.91 Å². The van der Waals surface area contributed by atoms with Crippen LogP contribution in [0.5, 0.6) is 0 Å². The summed E-state index contributed by atoms with van der Waals surface area (Å²) in [5.41, 5.74) is 6.91. The van der Waals surface area contributed by atoms with Crippen LogP contribution in [0.1, 0.15) is 13.8 Å². The first-order valence-electron chi connectivity index (χ1n) is 2.92. The van der Waals surface area contributed by atoms with Crippen molar-refractivity contribution in [3.8, 4) is 0 Å². The molecule has 0 aromatic carbocycles. The Hall–Kier alpha value is -1.26. The normalized spacial score (nSPS) is 8.60. The van der Waals surface area contributed by atoms with E-state index in [1.807, 2.05) is 0 Å². The maximum Gasteiger partial charge on any atom is 0.331 e. The molecular weight excluding hydrogens is 134 g/mol. The predicted molar refractivity (Wildman–Crippen MR) is 35.8 cm³/mol. The average Bonchev–Trinajstić information content (AvgIpc) is 1.81. The molecule has 0 aliphatic rings. The van der Waals surface area contributed by atoms with Crippen molar-refractivity contribution >= 4 is 11.9 Å². The number of hydrazine groups is 1. The van der Waals surface area contributed by atoms with Crippen LogP contribution in [-0.4, -0.2) is 23.5 Å². The zero-order chi connectivity index (χ0) is 8.15. The van der Waals surface area contributed by atoms with E-state index in [2.05, 4.69) is 5.43 Å². The molecule has 0 heterocycles. The number of nitrogens with two attached hydrogens (primary N) is 1. The highest BCUT2D eigenvalue weighted by atomic mass is 16.2. The Morgan fingerprint density at radius 1 is 1.60 bits per heavy atom. The zero-order valence-corrected chi connectivity index (χ0v) is 6.05. The summed E-state index contributed by atoms with van der Waals surface area (Å²) in [6, 6.07) is -0.725. The molecule has 58 valence electrons. The van der Waals surface area contributed by atoms with E-state index in [4.69, 9.17) is 5.73 Å². The van der Waals surface area contributed by atoms with Crippen molar-refractivity contribution in [1.82, 2.24) is 10.4 Å². The number of carbonyl (C=O) groups excluding carboxylic acids is 2. The van der Waals surface area contributed by atoms with E-state index in [1.165, 1.54) is 6.92 Å². The van der Waals surface area contributed by atoms with E-state index in [0.717, 1.165) is 5.01 Å². The van der Waals surface area contributed by atoms with Gasteiger partial charge in [0.05, 0.1) is 0 Å². The van der Waals surface area contributed by atoms with Gasteiger partial charge in [-0.05, 0) is 6.92 Å². The van der Waals surface area contributed by atoms with E-state index in [0.29, 0.717) is 6.54 Å². The van der Waals surface area contributed by atoms with E-state index < -0.39 is 6.03 Å². The van der Waals surface area contributed by atoms with Crippen molar-refractivity contribution in [3.63, 3.8) is 0 Å². The van der Waals surface area contributed by atoms with Crippen LogP contribution in [0.3, 0.4) is 0 Å². The Morgan fingerprint density at radius 3 is 2.20 bits per heavy atom. The molecule has 0 saturated heterocycles. The molecule has 0 fully saturated rings. The van der Waals surface area contributed by atoms with E-state index in [9.17, 15) is 9.59 Å². The first-order valence-corrected chi connectivity index (χ1v) is 2.92. The largest absolute Gasteiger partial charge is 0.350 e. The molecule has 0 aliphatic carbocycles. The monoisotopic (exact) mass is 145 g/mol. The van der Waals surface area contributed by atoms with Crippen molar-refractivity contribution in [2.24, 2.45) is 5.73 Å². The van der Waals surface area contributed by atoms with Crippen LogP contribution < -0.4 is 11.2 Å². The first kappa shape index (κ1) is 8.74. The van der Waals surface area contributed by atoms with Gasteiger partial charge in [0.1, 0.15) is 0 Å². The van der Waals surface area contributed by atoms with Gasteiger partial charge in [0, 0.05) is 13.5 Å². The minimum Gasteiger partial charge on any atom is -0.350 e. The first-order chi connectivity index (χ1) is 4.57. The van der Waals surface area contributed by atoms with Crippen molar-refractivity contribution in [3.05, 3.63) is 0 Å². The lowest BCUT2D eigenvalue weighted by Crippen LogP contribution is -2.47. The fourth-order valence-electron chi connectivity index (χ4n) is 0.513. The van der Waals surface area contributed by atoms with E-state index in [1.54, 1.807) is 6.92 Å². The van der Waals surface area contributed by atoms with Gasteiger partial charge in [0.15, 0.2) is 0 Å². The molecule has 0 aliphatic heterocycles. The maximum atomic E-state index is 10.6. The lowest BCUT2D eigenvalue weighted by molar-refractivity contribution is -0.130. The minimum atomic E-state index is -0.725. The number of nitrogens with zero attached hydrogens (tertiary/aromatic N) is 1. The molecule has 3 amide bonds. The Bertz CT molecular complexity index is 146. The lowest BCUT2D eigenvalue weighted by Gasteiger charge is -2.17. The predicted octanol–water partition coefficient (Wildman–Crippen LogP) is -0.562. The lowest BCUT2D eigenvalue weighted by atomic mass is 10.6. The smallest absolute Gasteiger partial charge is 0.331 e. The molecule has 5 heteroatoms. The molecular formula is C5H11N3O2. The molecule has 0 rings (SSSR count). The minimum absolute atomic E-state index is 0.235. The zero-order valence-electron chi connectivity index (χ0n) is 6.05. The molecule has 0 aromatic heterocycles. The summed E-state index contributed by atoms with van der Waals surface area (Å²) in [6.07, 6.45) is 0. The van der Waals surface area contributed by atoms with Crippen molar-refractivity contribution in [2.45, 2.75) is 13.8 Å². The van der Waals surface area contributed by atoms with Gasteiger partial charge in [-0.15, -0.1) is 0 Å². The molecule has 3 N–H and O–H groups in total. The fraction of sp³-hybridized carbons (Fsp3) is 0.600. The SMILES string of the molecule is CCN(NC(N)=O)C(C)=O. The molecule has 0 spiro atoms. The molecule has 0 bridgehead atoms. The van der Waals surface area contributed by atoms with Gasteiger partial charge in [-0.3, -0.25) is 9.80 Å². The maximum absolute atomic E-state index is 10.6. The molecule has 0 radical (unpaired) electrons. The topological polar surface area (TPSA) is 75.4 Å². The standard InChI is InChI=1S/C5H11N3O2/c1-3-8(4(2)9)7-5(6)10/h3H2,1-2H3,(H3,6,7,10). The number of hydrogen-bond acceptors (Lipinski definition) is 2. The number of rotatable bonds is 1. The molecule has 0 unspecified atom stereocenters. The van der Waals surface area contributed by atoms with Gasteiger partial charge in [0.25, 0.3) is 0 Å². The van der Waals surface area contributed by atoms with Crippen molar-refractivity contribution in [1.29, 1.82) is 0 Å². The van der Waals surface area contributed by atoms with Crippen LogP contribution >= 0.6 is 0 Å². The quantitative estimate of drug-likeness (QED) is 0.485. The van der Waals surface area contributed by atoms with Crippen molar-refractivity contribution in [2.75, 3.05) is 6.54 Å². The number of urea groups is 1. The second kappa shape index (κ2) is 3.71. The number of hydrogen-bond donors (Lipinski definition) is 2. The molecule has 0 atom stereocenters. The summed E-state index contributed by atoms with van der Waals surface area (Å²) >= 11 is 0. The summed E-state index contributed by atoms with van der Waals surface area (Å²) < 4.78 is 0. The highest BCUT2D eigenvalue weighted by Crippen LogP contribution is 1.80. The van der Waals surface area contributed by atoms with Crippen molar-refractivity contribution < 1.29 is 9.59 Å². The molecule has 0 aromatic rings. The third-order valence-electron chi connectivity index (χ3n) is 0.941. The fourth-order valence-corrected chi connectivity index (χ4v) is 0.513. The Morgan fingerprint density at radius 2 is 2.10 bits per heavy atom. The molecule has 0 saturated carbocycles. The second-order valence-corrected chi connectivity index (χ2v) is 1.74. The van der Waals surface area contributed by atoms with Crippen LogP contribution in [0.25, 0.3) is 0 Å². The Labute approximate surface area is 59.1 Å². The number of nitrogens with one attached hydrogen (secondary N) is 1. The average molecular weight is 145 g/mol. The van der Waals surface area contributed by atoms with Gasteiger partial charge in [-0.1, -0.05) is 0 Å². The summed E-state index contributed by atoms with van der Waals surface area (Å²) in [4.78, 5) is 20.8. The highest BCUT2D eigenvalue weighted by molar-refractivity contribution is 5.78. The molecule has 5 nitrogen and oxygen atoms in total. The second-order valence-electron chi connectivity index (χ2n) is 1.74. The number of primary amides is 1. The highest BCUT2D eigenvalue weighted by Gasteiger charge is 2.05. The van der Waals surface area contributed by atoms with Gasteiger partial charge < -0.3 is 5.73 Å². The van der Waals surface area contributed by atoms with E-state index >= 15 is 0 Å². The van der Waals surface area contributed by atoms with Crippen LogP contribution in [-0.2, 0) is 4.79 Å². The summed E-state index contributed by atoms with van der Waals surface area (Å²) in [5, 5.41) is 1.13. The van der Waals surface area contributed by atoms with Crippen LogP contribution in [0.15, 0.2) is 0 Å². The van der Waals surface area contributed by atoms with Gasteiger partial charge >= 0.3 is 6.03 Å². The Balaban J connectivity index is 3.83. The summed E-state index contributed by atoms with van der Waals surface area (Å²) in [5.74, 6) is -0.235. The van der Waals surface area contributed by atoms with Crippen LogP contribution in [0.4, 0.5) is 4.79 Å². The number of amides is 3. The molecule has 10 heavy (non-hydrogen) atoms.